The Morgan fingerprint density at radius 3 is 2.71 bits per heavy atom. The minimum absolute atomic E-state index is 0.0770. The summed E-state index contributed by atoms with van der Waals surface area (Å²) in [6.45, 7) is 0.593. The fourth-order valence-corrected chi connectivity index (χ4v) is 1.37. The van der Waals surface area contributed by atoms with Crippen LogP contribution in [0.15, 0.2) is 12.1 Å². The van der Waals surface area contributed by atoms with Crippen molar-refractivity contribution in [2.24, 2.45) is 0 Å². The molecular weight excluding hydrogens is 250 g/mol. The lowest BCUT2D eigenvalue weighted by Crippen LogP contribution is -2.05. The van der Waals surface area contributed by atoms with Crippen molar-refractivity contribution in [2.75, 3.05) is 20.3 Å². The second-order valence-corrected chi connectivity index (χ2v) is 3.46. The van der Waals surface area contributed by atoms with Crippen LogP contribution in [0, 0.1) is 10.1 Å². The zero-order valence-electron chi connectivity index (χ0n) is 9.01. The molecule has 17 heavy (non-hydrogen) atoms. The van der Waals surface area contributed by atoms with E-state index in [2.05, 4.69) is 0 Å². The van der Waals surface area contributed by atoms with Crippen LogP contribution in [-0.2, 0) is 4.74 Å². The van der Waals surface area contributed by atoms with Gasteiger partial charge in [-0.1, -0.05) is 11.6 Å². The summed E-state index contributed by atoms with van der Waals surface area (Å²) in [5, 5.41) is 10.7. The van der Waals surface area contributed by atoms with E-state index in [4.69, 9.17) is 21.1 Å². The van der Waals surface area contributed by atoms with E-state index in [1.807, 2.05) is 0 Å². The van der Waals surface area contributed by atoms with Crippen LogP contribution in [-0.4, -0.2) is 31.5 Å². The maximum atomic E-state index is 10.7. The topological polar surface area (TPSA) is 78.7 Å². The van der Waals surface area contributed by atoms with Crippen LogP contribution in [0.1, 0.15) is 10.4 Å². The third-order valence-electron chi connectivity index (χ3n) is 1.95. The molecule has 0 spiro atoms. The number of carbonyl (C=O) groups is 1. The molecule has 0 aliphatic carbocycles. The van der Waals surface area contributed by atoms with Gasteiger partial charge in [-0.15, -0.1) is 0 Å². The number of hydrogen-bond acceptors (Lipinski definition) is 5. The maximum Gasteiger partial charge on any atom is 0.281 e. The van der Waals surface area contributed by atoms with Crippen molar-refractivity contribution in [3.05, 3.63) is 32.8 Å². The fourth-order valence-electron chi connectivity index (χ4n) is 1.16. The summed E-state index contributed by atoms with van der Waals surface area (Å²) < 4.78 is 9.99. The first kappa shape index (κ1) is 13.4. The Morgan fingerprint density at radius 1 is 1.47 bits per heavy atom. The summed E-state index contributed by atoms with van der Waals surface area (Å²) in [4.78, 5) is 20.7. The van der Waals surface area contributed by atoms with Crippen molar-refractivity contribution in [3.8, 4) is 5.75 Å². The van der Waals surface area contributed by atoms with Crippen molar-refractivity contribution in [1.82, 2.24) is 0 Å². The zero-order valence-corrected chi connectivity index (χ0v) is 9.77. The SMILES string of the molecule is COCCOc1cc(C=O)c([N+](=O)[O-])cc1Cl. The first-order valence-electron chi connectivity index (χ1n) is 4.65. The standard InChI is InChI=1S/C10H10ClNO5/c1-16-2-3-17-10-4-7(6-13)9(12(14)15)5-8(10)11/h4-6H,2-3H2,1H3. The summed E-state index contributed by atoms with van der Waals surface area (Å²) in [5.74, 6) is 0.219. The Bertz CT molecular complexity index is 435. The number of nitro benzene ring substituents is 1. The van der Waals surface area contributed by atoms with Gasteiger partial charge in [-0.3, -0.25) is 14.9 Å². The van der Waals surface area contributed by atoms with Gasteiger partial charge in [0, 0.05) is 13.2 Å². The predicted octanol–water partition coefficient (Wildman–Crippen LogP) is 2.09. The Kier molecular flexibility index (Phi) is 4.86. The van der Waals surface area contributed by atoms with Crippen molar-refractivity contribution in [3.63, 3.8) is 0 Å². The van der Waals surface area contributed by atoms with Gasteiger partial charge in [0.1, 0.15) is 12.4 Å². The smallest absolute Gasteiger partial charge is 0.281 e. The molecule has 0 aliphatic heterocycles. The molecule has 0 heterocycles. The molecule has 92 valence electrons. The van der Waals surface area contributed by atoms with Crippen LogP contribution < -0.4 is 4.74 Å². The Morgan fingerprint density at radius 2 is 2.18 bits per heavy atom. The van der Waals surface area contributed by atoms with Gasteiger partial charge in [0.25, 0.3) is 5.69 Å². The number of nitrogens with zero attached hydrogens (tertiary/aromatic N) is 1. The van der Waals surface area contributed by atoms with E-state index in [0.29, 0.717) is 12.9 Å². The van der Waals surface area contributed by atoms with E-state index in [1.54, 1.807) is 0 Å². The van der Waals surface area contributed by atoms with E-state index < -0.39 is 4.92 Å². The van der Waals surface area contributed by atoms with Gasteiger partial charge in [-0.05, 0) is 6.07 Å². The normalized spacial score (nSPS) is 10.0. The van der Waals surface area contributed by atoms with Gasteiger partial charge in [-0.2, -0.15) is 0 Å². The highest BCUT2D eigenvalue weighted by Crippen LogP contribution is 2.31. The molecule has 0 fully saturated rings. The molecule has 0 aliphatic rings. The van der Waals surface area contributed by atoms with E-state index in [1.165, 1.54) is 13.2 Å². The van der Waals surface area contributed by atoms with Crippen LogP contribution in [0.4, 0.5) is 5.69 Å². The Labute approximate surface area is 102 Å². The van der Waals surface area contributed by atoms with Gasteiger partial charge in [0.05, 0.1) is 22.1 Å². The molecule has 0 amide bonds. The Hall–Kier alpha value is -1.66. The van der Waals surface area contributed by atoms with Crippen molar-refractivity contribution < 1.29 is 19.2 Å². The average molecular weight is 260 g/mol. The second-order valence-electron chi connectivity index (χ2n) is 3.06. The fraction of sp³-hybridized carbons (Fsp3) is 0.300. The number of ether oxygens (including phenoxy) is 2. The predicted molar refractivity (Wildman–Crippen MR) is 60.9 cm³/mol. The molecule has 7 heteroatoms. The van der Waals surface area contributed by atoms with E-state index >= 15 is 0 Å². The molecule has 0 saturated heterocycles. The van der Waals surface area contributed by atoms with Gasteiger partial charge in [0.15, 0.2) is 6.29 Å². The Balaban J connectivity index is 3.00. The summed E-state index contributed by atoms with van der Waals surface area (Å²) in [7, 11) is 1.51. The molecule has 1 aromatic carbocycles. The number of carbonyl (C=O) groups excluding carboxylic acids is 1. The lowest BCUT2D eigenvalue weighted by molar-refractivity contribution is -0.385. The minimum Gasteiger partial charge on any atom is -0.490 e. The molecule has 6 nitrogen and oxygen atoms in total. The van der Waals surface area contributed by atoms with Crippen molar-refractivity contribution in [2.45, 2.75) is 0 Å². The van der Waals surface area contributed by atoms with Crippen LogP contribution in [0.5, 0.6) is 5.75 Å². The number of rotatable bonds is 6. The monoisotopic (exact) mass is 259 g/mol. The molecule has 1 aromatic rings. The number of aldehydes is 1. The molecular formula is C10H10ClNO5. The van der Waals surface area contributed by atoms with Crippen LogP contribution in [0.3, 0.4) is 0 Å². The third kappa shape index (κ3) is 3.40. The van der Waals surface area contributed by atoms with Gasteiger partial charge in [0.2, 0.25) is 0 Å². The molecule has 0 radical (unpaired) electrons. The van der Waals surface area contributed by atoms with Gasteiger partial charge in [-0.25, -0.2) is 0 Å². The first-order chi connectivity index (χ1) is 8.10. The molecule has 0 atom stereocenters. The summed E-state index contributed by atoms with van der Waals surface area (Å²) >= 11 is 5.80. The first-order valence-corrected chi connectivity index (χ1v) is 5.02. The second kappa shape index (κ2) is 6.17. The number of benzene rings is 1. The highest BCUT2D eigenvalue weighted by Gasteiger charge is 2.17. The molecule has 0 saturated carbocycles. The third-order valence-corrected chi connectivity index (χ3v) is 2.25. The van der Waals surface area contributed by atoms with Crippen LogP contribution in [0.2, 0.25) is 5.02 Å². The van der Waals surface area contributed by atoms with Gasteiger partial charge < -0.3 is 9.47 Å². The quantitative estimate of drug-likeness (QED) is 0.338. The number of halogens is 1. The molecule has 0 bridgehead atoms. The molecule has 1 rings (SSSR count). The minimum atomic E-state index is -0.672. The lowest BCUT2D eigenvalue weighted by atomic mass is 10.2. The number of nitro groups is 1. The summed E-state index contributed by atoms with van der Waals surface area (Å²) in [6.07, 6.45) is 0.387. The summed E-state index contributed by atoms with van der Waals surface area (Å²) in [6, 6.07) is 2.33. The zero-order chi connectivity index (χ0) is 12.8. The van der Waals surface area contributed by atoms with E-state index in [0.717, 1.165) is 6.07 Å². The highest BCUT2D eigenvalue weighted by atomic mass is 35.5. The highest BCUT2D eigenvalue weighted by molar-refractivity contribution is 6.32. The van der Waals surface area contributed by atoms with Crippen molar-refractivity contribution in [1.29, 1.82) is 0 Å². The largest absolute Gasteiger partial charge is 0.490 e. The number of methoxy groups -OCH3 is 1. The molecule has 0 N–H and O–H groups in total. The van der Waals surface area contributed by atoms with E-state index in [9.17, 15) is 14.9 Å². The van der Waals surface area contributed by atoms with Crippen LogP contribution in [0.25, 0.3) is 0 Å². The number of hydrogen-bond donors (Lipinski definition) is 0. The average Bonchev–Trinajstić information content (AvgIpc) is 2.30. The summed E-state index contributed by atoms with van der Waals surface area (Å²) in [5.41, 5.74) is -0.420. The molecule has 0 aromatic heterocycles. The van der Waals surface area contributed by atoms with Gasteiger partial charge >= 0.3 is 0 Å². The molecule has 0 unspecified atom stereocenters. The maximum absolute atomic E-state index is 10.7. The van der Waals surface area contributed by atoms with Crippen LogP contribution >= 0.6 is 11.6 Å². The van der Waals surface area contributed by atoms with Crippen molar-refractivity contribution >= 4 is 23.6 Å². The van der Waals surface area contributed by atoms with E-state index in [-0.39, 0.29) is 28.6 Å². The lowest BCUT2D eigenvalue weighted by Gasteiger charge is -2.08.